The number of halogens is 1. The number of pyridine rings is 1. The summed E-state index contributed by atoms with van der Waals surface area (Å²) in [7, 11) is 0. The van der Waals surface area contributed by atoms with Crippen LogP contribution in [0.3, 0.4) is 0 Å². The number of aromatic nitrogens is 6. The van der Waals surface area contributed by atoms with Gasteiger partial charge in [0.25, 0.3) is 0 Å². The third kappa shape index (κ3) is 3.52. The highest BCUT2D eigenvalue weighted by Crippen LogP contribution is 2.35. The van der Waals surface area contributed by atoms with Crippen LogP contribution in [0.1, 0.15) is 29.9 Å². The van der Waals surface area contributed by atoms with Crippen molar-refractivity contribution in [3.63, 3.8) is 0 Å². The molecule has 1 aliphatic rings. The zero-order chi connectivity index (χ0) is 23.2. The van der Waals surface area contributed by atoms with E-state index in [1.807, 2.05) is 37.3 Å². The number of nitrogens with zero attached hydrogens (tertiary/aromatic N) is 6. The Morgan fingerprint density at radius 3 is 2.82 bits per heavy atom. The molecule has 0 radical (unpaired) electrons. The van der Waals surface area contributed by atoms with Gasteiger partial charge in [-0.3, -0.25) is 0 Å². The van der Waals surface area contributed by atoms with Crippen LogP contribution in [0.2, 0.25) is 0 Å². The summed E-state index contributed by atoms with van der Waals surface area (Å²) in [6.07, 6.45) is 6.42. The monoisotopic (exact) mass is 458 g/mol. The summed E-state index contributed by atoms with van der Waals surface area (Å²) in [4.78, 5) is 8.71. The highest BCUT2D eigenvalue weighted by molar-refractivity contribution is 5.74. The van der Waals surface area contributed by atoms with Crippen molar-refractivity contribution in [3.05, 3.63) is 66.0 Å². The van der Waals surface area contributed by atoms with E-state index in [4.69, 9.17) is 10.5 Å². The number of rotatable bonds is 4. The van der Waals surface area contributed by atoms with Gasteiger partial charge in [-0.25, -0.2) is 23.4 Å². The average molecular weight is 459 g/mol. The normalized spacial score (nSPS) is 14.8. The number of nitrogens with two attached hydrogens (primary N) is 1. The molecule has 0 spiro atoms. The van der Waals surface area contributed by atoms with E-state index in [1.165, 1.54) is 17.0 Å². The molecule has 1 aromatic carbocycles. The molecular weight excluding hydrogens is 435 g/mol. The van der Waals surface area contributed by atoms with E-state index in [2.05, 4.69) is 25.5 Å². The Bertz CT molecular complexity index is 1520. The van der Waals surface area contributed by atoms with E-state index in [0.717, 1.165) is 37.1 Å². The molecule has 1 saturated heterocycles. The van der Waals surface area contributed by atoms with Crippen LogP contribution in [-0.2, 0) is 0 Å². The maximum atomic E-state index is 14.9. The zero-order valence-corrected chi connectivity index (χ0v) is 18.6. The Kier molecular flexibility index (Phi) is 4.88. The zero-order valence-electron chi connectivity index (χ0n) is 18.6. The molecule has 172 valence electrons. The van der Waals surface area contributed by atoms with Crippen molar-refractivity contribution in [3.8, 4) is 22.9 Å². The van der Waals surface area contributed by atoms with Crippen LogP contribution < -0.4 is 15.8 Å². The number of nitrogens with one attached hydrogen (secondary N) is 1. The van der Waals surface area contributed by atoms with Gasteiger partial charge in [-0.1, -0.05) is 0 Å². The number of aryl methyl sites for hydroxylation is 1. The Morgan fingerprint density at radius 2 is 2.00 bits per heavy atom. The maximum Gasteiger partial charge on any atom is 0.182 e. The number of piperidine rings is 1. The van der Waals surface area contributed by atoms with Crippen molar-refractivity contribution in [1.82, 2.24) is 34.5 Å². The second-order valence-corrected chi connectivity index (χ2v) is 8.54. The van der Waals surface area contributed by atoms with Gasteiger partial charge >= 0.3 is 0 Å². The average Bonchev–Trinajstić information content (AvgIpc) is 3.44. The molecule has 10 heteroatoms. The van der Waals surface area contributed by atoms with Crippen molar-refractivity contribution in [1.29, 1.82) is 0 Å². The lowest BCUT2D eigenvalue weighted by atomic mass is 9.90. The van der Waals surface area contributed by atoms with Gasteiger partial charge in [0.05, 0.1) is 6.20 Å². The van der Waals surface area contributed by atoms with Crippen molar-refractivity contribution >= 4 is 17.0 Å². The summed E-state index contributed by atoms with van der Waals surface area (Å²) < 4.78 is 24.2. The molecule has 4 aromatic heterocycles. The van der Waals surface area contributed by atoms with Crippen molar-refractivity contribution in [2.45, 2.75) is 25.7 Å². The molecule has 5 aromatic rings. The van der Waals surface area contributed by atoms with Crippen LogP contribution in [0.5, 0.6) is 11.5 Å². The van der Waals surface area contributed by atoms with Crippen molar-refractivity contribution in [2.75, 3.05) is 18.8 Å². The fourth-order valence-electron chi connectivity index (χ4n) is 4.61. The quantitative estimate of drug-likeness (QED) is 0.423. The Hall–Kier alpha value is -4.05. The third-order valence-electron chi connectivity index (χ3n) is 6.31. The van der Waals surface area contributed by atoms with Gasteiger partial charge < -0.3 is 15.8 Å². The highest BCUT2D eigenvalue weighted by Gasteiger charge is 2.25. The van der Waals surface area contributed by atoms with Crippen molar-refractivity contribution in [2.24, 2.45) is 0 Å². The lowest BCUT2D eigenvalue weighted by Gasteiger charge is -2.22. The molecule has 3 N–H and O–H groups in total. The van der Waals surface area contributed by atoms with Crippen LogP contribution >= 0.6 is 0 Å². The molecule has 34 heavy (non-hydrogen) atoms. The summed E-state index contributed by atoms with van der Waals surface area (Å²) in [5.41, 5.74) is 9.88. The summed E-state index contributed by atoms with van der Waals surface area (Å²) in [5.74, 6) is 1.89. The minimum Gasteiger partial charge on any atom is -0.457 e. The lowest BCUT2D eigenvalue weighted by Crippen LogP contribution is -2.27. The second kappa shape index (κ2) is 8.07. The summed E-state index contributed by atoms with van der Waals surface area (Å²) in [6.45, 7) is 3.67. The first-order chi connectivity index (χ1) is 16.6. The molecule has 1 aliphatic heterocycles. The first-order valence-corrected chi connectivity index (χ1v) is 11.2. The minimum atomic E-state index is -0.283. The topological polar surface area (TPSA) is 108 Å². The van der Waals surface area contributed by atoms with Crippen molar-refractivity contribution < 1.29 is 9.13 Å². The first-order valence-electron chi connectivity index (χ1n) is 11.2. The van der Waals surface area contributed by atoms with E-state index >= 15 is 0 Å². The molecule has 0 bridgehead atoms. The van der Waals surface area contributed by atoms with Crippen LogP contribution in [0.4, 0.5) is 10.2 Å². The van der Waals surface area contributed by atoms with E-state index in [1.54, 1.807) is 10.7 Å². The molecule has 9 nitrogen and oxygen atoms in total. The molecular formula is C24H23FN8O. The molecule has 0 unspecified atom stereocenters. The molecule has 0 amide bonds. The Balaban J connectivity index is 1.32. The Morgan fingerprint density at radius 1 is 1.15 bits per heavy atom. The number of ether oxygens (including phenoxy) is 1. The third-order valence-corrected chi connectivity index (χ3v) is 6.31. The number of hydrogen-bond donors (Lipinski definition) is 2. The maximum absolute atomic E-state index is 14.9. The van der Waals surface area contributed by atoms with E-state index < -0.39 is 0 Å². The van der Waals surface area contributed by atoms with Gasteiger partial charge in [0.15, 0.2) is 17.3 Å². The predicted molar refractivity (Wildman–Crippen MR) is 125 cm³/mol. The first kappa shape index (κ1) is 20.5. The number of anilines is 1. The Labute approximate surface area is 194 Å². The molecule has 1 fully saturated rings. The lowest BCUT2D eigenvalue weighted by molar-refractivity contribution is 0.449. The van der Waals surface area contributed by atoms with E-state index in [9.17, 15) is 4.39 Å². The molecule has 5 heterocycles. The fraction of sp³-hybridized carbons (Fsp3) is 0.250. The van der Waals surface area contributed by atoms with Crippen LogP contribution in [-0.4, -0.2) is 42.3 Å². The van der Waals surface area contributed by atoms with Gasteiger partial charge in [-0.05, 0) is 68.6 Å². The standard InChI is InChI=1S/C24H23FN8O/c1-14-10-16(2-3-19(14)34-17-6-9-32-20(11-17)28-13-29-32)24-30-23(26)22-21(15-4-7-27-8-5-15)18(25)12-33(22)31-24/h2-3,6,9-13,15,27H,4-5,7-8H2,1H3,(H2,26,30,31). The van der Waals surface area contributed by atoms with Crippen LogP contribution in [0.25, 0.3) is 22.6 Å². The molecule has 6 rings (SSSR count). The molecule has 0 atom stereocenters. The highest BCUT2D eigenvalue weighted by atomic mass is 19.1. The number of hydrogen-bond acceptors (Lipinski definition) is 7. The van der Waals surface area contributed by atoms with Crippen LogP contribution in [0.15, 0.2) is 49.1 Å². The number of fused-ring (bicyclic) bond motifs is 2. The van der Waals surface area contributed by atoms with Crippen LogP contribution in [0, 0.1) is 12.7 Å². The molecule has 0 saturated carbocycles. The van der Waals surface area contributed by atoms with E-state index in [-0.39, 0.29) is 17.6 Å². The number of benzene rings is 1. The summed E-state index contributed by atoms with van der Waals surface area (Å²) in [6, 6.07) is 9.30. The van der Waals surface area contributed by atoms with E-state index in [0.29, 0.717) is 34.1 Å². The van der Waals surface area contributed by atoms with Gasteiger partial charge in [0, 0.05) is 23.4 Å². The minimum absolute atomic E-state index is 0.110. The fourth-order valence-corrected chi connectivity index (χ4v) is 4.61. The van der Waals surface area contributed by atoms with Gasteiger partial charge in [0.2, 0.25) is 0 Å². The summed E-state index contributed by atoms with van der Waals surface area (Å²) in [5, 5.41) is 12.0. The second-order valence-electron chi connectivity index (χ2n) is 8.54. The molecule has 0 aliphatic carbocycles. The van der Waals surface area contributed by atoms with Gasteiger partial charge in [-0.15, -0.1) is 5.10 Å². The SMILES string of the molecule is Cc1cc(-c2nc(N)c3c(C4CCNCC4)c(F)cn3n2)ccc1Oc1ccn2ncnc2c1. The largest absolute Gasteiger partial charge is 0.457 e. The van der Waals surface area contributed by atoms with Gasteiger partial charge in [-0.2, -0.15) is 5.10 Å². The number of nitrogen functional groups attached to an aromatic ring is 1. The summed E-state index contributed by atoms with van der Waals surface area (Å²) >= 11 is 0. The predicted octanol–water partition coefficient (Wildman–Crippen LogP) is 3.73. The smallest absolute Gasteiger partial charge is 0.182 e. The van der Waals surface area contributed by atoms with Gasteiger partial charge in [0.1, 0.15) is 29.2 Å².